The number of allylic oxidation sites excluding steroid dienone is 1. The Balaban J connectivity index is 1.95. The summed E-state index contributed by atoms with van der Waals surface area (Å²) in [6.07, 6.45) is 3.33. The Morgan fingerprint density at radius 2 is 1.88 bits per heavy atom. The molecule has 0 unspecified atom stereocenters. The summed E-state index contributed by atoms with van der Waals surface area (Å²) in [4.78, 5) is 16.6. The number of aromatic nitrogens is 1. The molecule has 4 rings (SSSR count). The normalized spacial score (nSPS) is 14.9. The Morgan fingerprint density at radius 1 is 1.08 bits per heavy atom. The Bertz CT molecular complexity index is 1060. The van der Waals surface area contributed by atoms with Gasteiger partial charge in [-0.2, -0.15) is 0 Å². The highest BCUT2D eigenvalue weighted by molar-refractivity contribution is 6.43. The van der Waals surface area contributed by atoms with Crippen molar-refractivity contribution in [2.24, 2.45) is 0 Å². The molecule has 1 N–H and O–H groups in total. The van der Waals surface area contributed by atoms with Gasteiger partial charge in [0.15, 0.2) is 0 Å². The van der Waals surface area contributed by atoms with Crippen LogP contribution in [0.4, 0.5) is 0 Å². The summed E-state index contributed by atoms with van der Waals surface area (Å²) in [6, 6.07) is 12.8. The van der Waals surface area contributed by atoms with Gasteiger partial charge in [0, 0.05) is 5.39 Å². The minimum Gasteiger partial charge on any atom is -0.478 e. The molecule has 0 radical (unpaired) electrons. The zero-order valence-electron chi connectivity index (χ0n) is 13.1. The number of hydrogen-bond donors (Lipinski definition) is 1. The molecule has 0 aliphatic heterocycles. The van der Waals surface area contributed by atoms with Crippen LogP contribution in [0.2, 0.25) is 10.0 Å². The van der Waals surface area contributed by atoms with Crippen molar-refractivity contribution in [2.75, 3.05) is 0 Å². The molecule has 0 saturated carbocycles. The van der Waals surface area contributed by atoms with E-state index in [0.29, 0.717) is 32.9 Å². The number of carboxylic acids is 1. The summed E-state index contributed by atoms with van der Waals surface area (Å²) < 4.78 is 0. The lowest BCUT2D eigenvalue weighted by Crippen LogP contribution is -2.05. The first-order chi connectivity index (χ1) is 12.1. The highest BCUT2D eigenvalue weighted by Gasteiger charge is 2.26. The summed E-state index contributed by atoms with van der Waals surface area (Å²) in [7, 11) is 0. The van der Waals surface area contributed by atoms with Gasteiger partial charge in [0.2, 0.25) is 0 Å². The Kier molecular flexibility index (Phi) is 3.98. The number of benzene rings is 2. The van der Waals surface area contributed by atoms with Gasteiger partial charge in [-0.1, -0.05) is 53.5 Å². The van der Waals surface area contributed by atoms with Crippen molar-refractivity contribution in [2.45, 2.75) is 12.8 Å². The predicted octanol–water partition coefficient (Wildman–Crippen LogP) is 5.73. The number of pyridine rings is 1. The summed E-state index contributed by atoms with van der Waals surface area (Å²) in [5, 5.41) is 11.4. The SMILES string of the molecule is O=C(O)c1c2c(nc3ccccc13)C(=Cc1cccc(Cl)c1Cl)CC2. The second kappa shape index (κ2) is 6.17. The summed E-state index contributed by atoms with van der Waals surface area (Å²) in [6.45, 7) is 0. The van der Waals surface area contributed by atoms with Crippen LogP contribution in [0.5, 0.6) is 0 Å². The average molecular weight is 370 g/mol. The number of halogens is 2. The molecule has 124 valence electrons. The van der Waals surface area contributed by atoms with E-state index in [4.69, 9.17) is 28.2 Å². The third-order valence-corrected chi connectivity index (χ3v) is 5.30. The van der Waals surface area contributed by atoms with Gasteiger partial charge in [0.1, 0.15) is 0 Å². The van der Waals surface area contributed by atoms with E-state index in [9.17, 15) is 9.90 Å². The van der Waals surface area contributed by atoms with Gasteiger partial charge in [-0.05, 0) is 47.8 Å². The van der Waals surface area contributed by atoms with Crippen LogP contribution in [-0.4, -0.2) is 16.1 Å². The number of hydrogen-bond acceptors (Lipinski definition) is 2. The molecule has 1 heterocycles. The summed E-state index contributed by atoms with van der Waals surface area (Å²) in [5.74, 6) is -0.920. The number of carbonyl (C=O) groups is 1. The first-order valence-electron chi connectivity index (χ1n) is 7.86. The average Bonchev–Trinajstić information content (AvgIpc) is 2.99. The van der Waals surface area contributed by atoms with Gasteiger partial charge in [-0.15, -0.1) is 0 Å². The van der Waals surface area contributed by atoms with E-state index in [-0.39, 0.29) is 0 Å². The van der Waals surface area contributed by atoms with E-state index in [1.807, 2.05) is 42.5 Å². The number of fused-ring (bicyclic) bond motifs is 2. The lowest BCUT2D eigenvalue weighted by molar-refractivity contribution is 0.0698. The minimum absolute atomic E-state index is 0.348. The van der Waals surface area contributed by atoms with Crippen molar-refractivity contribution in [3.05, 3.63) is 74.9 Å². The lowest BCUT2D eigenvalue weighted by atomic mass is 10.0. The molecule has 1 aliphatic carbocycles. The second-order valence-corrected chi connectivity index (χ2v) is 6.73. The lowest BCUT2D eigenvalue weighted by Gasteiger charge is -2.09. The number of aromatic carboxylic acids is 1. The zero-order valence-corrected chi connectivity index (χ0v) is 14.6. The fourth-order valence-corrected chi connectivity index (χ4v) is 3.71. The number of nitrogens with zero attached hydrogens (tertiary/aromatic N) is 1. The molecule has 2 aromatic carbocycles. The topological polar surface area (TPSA) is 50.2 Å². The zero-order chi connectivity index (χ0) is 17.6. The Hall–Kier alpha value is -2.36. The van der Waals surface area contributed by atoms with Crippen molar-refractivity contribution in [1.82, 2.24) is 4.98 Å². The molecule has 3 aromatic rings. The van der Waals surface area contributed by atoms with Gasteiger partial charge in [0.25, 0.3) is 0 Å². The molecule has 0 fully saturated rings. The first kappa shape index (κ1) is 16.1. The van der Waals surface area contributed by atoms with Crippen molar-refractivity contribution < 1.29 is 9.90 Å². The van der Waals surface area contributed by atoms with Gasteiger partial charge in [-0.3, -0.25) is 0 Å². The van der Waals surface area contributed by atoms with Gasteiger partial charge < -0.3 is 5.11 Å². The van der Waals surface area contributed by atoms with Crippen LogP contribution in [0.3, 0.4) is 0 Å². The van der Waals surface area contributed by atoms with Gasteiger partial charge >= 0.3 is 5.97 Å². The molecule has 0 amide bonds. The highest BCUT2D eigenvalue weighted by atomic mass is 35.5. The van der Waals surface area contributed by atoms with Crippen LogP contribution >= 0.6 is 23.2 Å². The molecule has 0 spiro atoms. The quantitative estimate of drug-likeness (QED) is 0.627. The maximum Gasteiger partial charge on any atom is 0.336 e. The first-order valence-corrected chi connectivity index (χ1v) is 8.61. The van der Waals surface area contributed by atoms with Crippen molar-refractivity contribution in [1.29, 1.82) is 0 Å². The smallest absolute Gasteiger partial charge is 0.336 e. The van der Waals surface area contributed by atoms with Crippen LogP contribution in [0.1, 0.15) is 33.6 Å². The van der Waals surface area contributed by atoms with Crippen LogP contribution in [-0.2, 0) is 6.42 Å². The molecule has 0 bridgehead atoms. The summed E-state index contributed by atoms with van der Waals surface area (Å²) >= 11 is 12.4. The standard InChI is InChI=1S/C20H13Cl2NO2/c21-15-6-3-4-11(18(15)22)10-12-8-9-14-17(20(24)25)13-5-1-2-7-16(13)23-19(12)14/h1-7,10H,8-9H2,(H,24,25). The maximum atomic E-state index is 11.9. The van der Waals surface area contributed by atoms with Crippen molar-refractivity contribution >= 4 is 51.7 Å². The number of carboxylic acid groups (broad SMARTS) is 1. The molecular formula is C20H13Cl2NO2. The largest absolute Gasteiger partial charge is 0.478 e. The minimum atomic E-state index is -0.920. The number of rotatable bonds is 2. The van der Waals surface area contributed by atoms with Crippen LogP contribution < -0.4 is 0 Å². The second-order valence-electron chi connectivity index (χ2n) is 5.95. The summed E-state index contributed by atoms with van der Waals surface area (Å²) in [5.41, 5.74) is 4.35. The Morgan fingerprint density at radius 3 is 2.68 bits per heavy atom. The van der Waals surface area contributed by atoms with Gasteiger partial charge in [-0.25, -0.2) is 9.78 Å². The van der Waals surface area contributed by atoms with Crippen LogP contribution in [0.15, 0.2) is 42.5 Å². The molecule has 1 aliphatic rings. The van der Waals surface area contributed by atoms with E-state index in [2.05, 4.69) is 0 Å². The van der Waals surface area contributed by atoms with E-state index in [0.717, 1.165) is 28.8 Å². The third kappa shape index (κ3) is 2.70. The maximum absolute atomic E-state index is 11.9. The fourth-order valence-electron chi connectivity index (χ4n) is 3.34. The molecule has 5 heteroatoms. The van der Waals surface area contributed by atoms with Crippen LogP contribution in [0.25, 0.3) is 22.6 Å². The van der Waals surface area contributed by atoms with E-state index in [1.165, 1.54) is 0 Å². The highest BCUT2D eigenvalue weighted by Crippen LogP contribution is 2.38. The molecule has 0 saturated heterocycles. The van der Waals surface area contributed by atoms with E-state index in [1.54, 1.807) is 6.07 Å². The molecule has 3 nitrogen and oxygen atoms in total. The Labute approximate surface area is 154 Å². The van der Waals surface area contributed by atoms with Gasteiger partial charge in [0.05, 0.1) is 26.8 Å². The molecule has 1 aromatic heterocycles. The molecular weight excluding hydrogens is 357 g/mol. The van der Waals surface area contributed by atoms with Crippen molar-refractivity contribution in [3.8, 4) is 0 Å². The fraction of sp³-hybridized carbons (Fsp3) is 0.100. The van der Waals surface area contributed by atoms with E-state index >= 15 is 0 Å². The monoisotopic (exact) mass is 369 g/mol. The van der Waals surface area contributed by atoms with Crippen LogP contribution in [0, 0.1) is 0 Å². The van der Waals surface area contributed by atoms with E-state index < -0.39 is 5.97 Å². The predicted molar refractivity (Wildman–Crippen MR) is 101 cm³/mol. The number of para-hydroxylation sites is 1. The third-order valence-electron chi connectivity index (χ3n) is 4.47. The van der Waals surface area contributed by atoms with Crippen molar-refractivity contribution in [3.63, 3.8) is 0 Å². The molecule has 0 atom stereocenters. The molecule has 25 heavy (non-hydrogen) atoms.